The first kappa shape index (κ1) is 14.2. The zero-order valence-electron chi connectivity index (χ0n) is 10.0. The molecule has 0 spiro atoms. The monoisotopic (exact) mass is 208 g/mol. The van der Waals surface area contributed by atoms with Crippen molar-refractivity contribution in [2.75, 3.05) is 0 Å². The third kappa shape index (κ3) is 13.2. The molecule has 0 aromatic rings. The number of rotatable bonds is 10. The Bertz CT molecular complexity index is 188. The van der Waals surface area contributed by atoms with Gasteiger partial charge < -0.3 is 0 Å². The lowest BCUT2D eigenvalue weighted by Crippen LogP contribution is -1.75. The molecule has 0 rings (SSSR count). The lowest BCUT2D eigenvalue weighted by Gasteiger charge is -1.94. The average Bonchev–Trinajstić information content (AvgIpc) is 2.26. The molecule has 0 aromatic heterocycles. The summed E-state index contributed by atoms with van der Waals surface area (Å²) >= 11 is 0. The number of unbranched alkanes of at least 4 members (excludes halogenated alkanes) is 7. The molecule has 0 heterocycles. The maximum atomic E-state index is 9.87. The zero-order valence-corrected chi connectivity index (χ0v) is 10.0. The highest BCUT2D eigenvalue weighted by Crippen LogP contribution is 2.05. The summed E-state index contributed by atoms with van der Waals surface area (Å²) in [6.45, 7) is 2.24. The number of hydrogen-bond donors (Lipinski definition) is 0. The minimum absolute atomic E-state index is 0.883. The maximum Gasteiger partial charge on any atom is 0.120 e. The van der Waals surface area contributed by atoms with E-state index in [2.05, 4.69) is 19.1 Å². The second-order valence-corrected chi connectivity index (χ2v) is 3.93. The Kier molecular flexibility index (Phi) is 12.5. The Morgan fingerprint density at radius 1 is 0.867 bits per heavy atom. The van der Waals surface area contributed by atoms with Crippen LogP contribution in [0.4, 0.5) is 0 Å². The Hall–Kier alpha value is -0.810. The molecular weight excluding hydrogens is 184 g/mol. The molecule has 0 aliphatic rings. The molecule has 1 nitrogen and oxygen atoms in total. The van der Waals surface area contributed by atoms with E-state index in [0.717, 1.165) is 19.3 Å². The minimum atomic E-state index is 0.883. The Labute approximate surface area is 94.3 Å². The van der Waals surface area contributed by atoms with Gasteiger partial charge >= 0.3 is 0 Å². The molecule has 0 aliphatic carbocycles. The van der Waals surface area contributed by atoms with Crippen LogP contribution in [0.15, 0.2) is 18.2 Å². The van der Waals surface area contributed by atoms with E-state index >= 15 is 0 Å². The summed E-state index contributed by atoms with van der Waals surface area (Å²) in [6, 6.07) is 0. The standard InChI is InChI=1S/C14H24O/c1-2-3-4-5-6-7-8-9-10-11-12-13-14-15/h7-8,13H,2-6,9-12H2,1H3/b8-7-. The van der Waals surface area contributed by atoms with Crippen molar-refractivity contribution in [3.8, 4) is 0 Å². The van der Waals surface area contributed by atoms with Gasteiger partial charge in [-0.05, 0) is 44.6 Å². The van der Waals surface area contributed by atoms with Gasteiger partial charge in [-0.15, -0.1) is 0 Å². The van der Waals surface area contributed by atoms with Crippen LogP contribution in [0.3, 0.4) is 0 Å². The van der Waals surface area contributed by atoms with Crippen LogP contribution in [-0.2, 0) is 4.79 Å². The van der Waals surface area contributed by atoms with E-state index in [1.54, 1.807) is 12.0 Å². The van der Waals surface area contributed by atoms with Crippen LogP contribution < -0.4 is 0 Å². The third-order valence-electron chi connectivity index (χ3n) is 2.44. The largest absolute Gasteiger partial charge is 0.234 e. The molecule has 0 N–H and O–H groups in total. The van der Waals surface area contributed by atoms with Crippen LogP contribution in [0.5, 0.6) is 0 Å². The van der Waals surface area contributed by atoms with E-state index in [1.807, 2.05) is 0 Å². The molecule has 0 amide bonds. The number of hydrogen-bond acceptors (Lipinski definition) is 1. The zero-order chi connectivity index (χ0) is 11.2. The third-order valence-corrected chi connectivity index (χ3v) is 2.44. The van der Waals surface area contributed by atoms with Gasteiger partial charge in [-0.1, -0.05) is 38.3 Å². The molecule has 0 bridgehead atoms. The molecular formula is C14H24O. The first-order valence-electron chi connectivity index (χ1n) is 6.26. The molecule has 0 aromatic carbocycles. The van der Waals surface area contributed by atoms with E-state index in [0.29, 0.717) is 0 Å². The van der Waals surface area contributed by atoms with Gasteiger partial charge in [0.1, 0.15) is 5.94 Å². The van der Waals surface area contributed by atoms with Crippen molar-refractivity contribution in [2.45, 2.75) is 64.7 Å². The van der Waals surface area contributed by atoms with E-state index in [1.165, 1.54) is 38.5 Å². The number of allylic oxidation sites excluding steroid dienone is 3. The molecule has 0 fully saturated rings. The summed E-state index contributed by atoms with van der Waals surface area (Å²) in [4.78, 5) is 9.87. The SMILES string of the molecule is CCCCCC/C=C\CCCCC=C=O. The molecule has 0 unspecified atom stereocenters. The van der Waals surface area contributed by atoms with Crippen LogP contribution in [-0.4, -0.2) is 5.94 Å². The van der Waals surface area contributed by atoms with Gasteiger partial charge in [0, 0.05) is 0 Å². The summed E-state index contributed by atoms with van der Waals surface area (Å²) in [5, 5.41) is 0. The van der Waals surface area contributed by atoms with Crippen LogP contribution >= 0.6 is 0 Å². The van der Waals surface area contributed by atoms with Crippen molar-refractivity contribution in [1.82, 2.24) is 0 Å². The van der Waals surface area contributed by atoms with Gasteiger partial charge in [0.2, 0.25) is 0 Å². The average molecular weight is 208 g/mol. The van der Waals surface area contributed by atoms with Crippen LogP contribution in [0.2, 0.25) is 0 Å². The van der Waals surface area contributed by atoms with Gasteiger partial charge in [-0.25, -0.2) is 4.79 Å². The van der Waals surface area contributed by atoms with Gasteiger partial charge in [-0.3, -0.25) is 0 Å². The molecule has 15 heavy (non-hydrogen) atoms. The van der Waals surface area contributed by atoms with E-state index in [4.69, 9.17) is 0 Å². The summed E-state index contributed by atoms with van der Waals surface area (Å²) in [5.74, 6) is 1.81. The van der Waals surface area contributed by atoms with E-state index in [-0.39, 0.29) is 0 Å². The number of carbonyl (C=O) groups excluding carboxylic acids is 1. The van der Waals surface area contributed by atoms with Gasteiger partial charge in [0.25, 0.3) is 0 Å². The topological polar surface area (TPSA) is 17.1 Å². The first-order chi connectivity index (χ1) is 7.41. The van der Waals surface area contributed by atoms with Crippen molar-refractivity contribution in [2.24, 2.45) is 0 Å². The predicted octanol–water partition coefficient (Wildman–Crippen LogP) is 4.46. The quantitative estimate of drug-likeness (QED) is 0.294. The first-order valence-corrected chi connectivity index (χ1v) is 6.26. The minimum Gasteiger partial charge on any atom is -0.234 e. The Balaban J connectivity index is 3.07. The Morgan fingerprint density at radius 2 is 1.47 bits per heavy atom. The van der Waals surface area contributed by atoms with Gasteiger partial charge in [-0.2, -0.15) is 0 Å². The predicted molar refractivity (Wildman–Crippen MR) is 66.6 cm³/mol. The summed E-state index contributed by atoms with van der Waals surface area (Å²) < 4.78 is 0. The second-order valence-electron chi connectivity index (χ2n) is 3.93. The van der Waals surface area contributed by atoms with Crippen molar-refractivity contribution in [3.63, 3.8) is 0 Å². The van der Waals surface area contributed by atoms with Gasteiger partial charge in [0.15, 0.2) is 0 Å². The highest BCUT2D eigenvalue weighted by atomic mass is 16.1. The van der Waals surface area contributed by atoms with Crippen LogP contribution in [0.1, 0.15) is 64.7 Å². The fraction of sp³-hybridized carbons (Fsp3) is 0.714. The van der Waals surface area contributed by atoms with Gasteiger partial charge in [0.05, 0.1) is 0 Å². The molecule has 0 saturated heterocycles. The van der Waals surface area contributed by atoms with Crippen LogP contribution in [0, 0.1) is 0 Å². The highest BCUT2D eigenvalue weighted by Gasteiger charge is 1.85. The molecule has 0 radical (unpaired) electrons. The lowest BCUT2D eigenvalue weighted by atomic mass is 10.1. The highest BCUT2D eigenvalue weighted by molar-refractivity contribution is 5.44. The molecule has 0 saturated carbocycles. The molecule has 0 atom stereocenters. The van der Waals surface area contributed by atoms with E-state index < -0.39 is 0 Å². The Morgan fingerprint density at radius 3 is 2.07 bits per heavy atom. The second kappa shape index (κ2) is 13.2. The lowest BCUT2D eigenvalue weighted by molar-refractivity contribution is 0.567. The van der Waals surface area contributed by atoms with Crippen LogP contribution in [0.25, 0.3) is 0 Å². The fourth-order valence-corrected chi connectivity index (χ4v) is 1.49. The van der Waals surface area contributed by atoms with Crippen molar-refractivity contribution < 1.29 is 4.79 Å². The molecule has 86 valence electrons. The molecule has 1 heteroatoms. The summed E-state index contributed by atoms with van der Waals surface area (Å²) in [6.07, 6.45) is 17.1. The van der Waals surface area contributed by atoms with E-state index in [9.17, 15) is 4.79 Å². The maximum absolute atomic E-state index is 9.87. The summed E-state index contributed by atoms with van der Waals surface area (Å²) in [7, 11) is 0. The smallest absolute Gasteiger partial charge is 0.120 e. The fourth-order valence-electron chi connectivity index (χ4n) is 1.49. The molecule has 0 aliphatic heterocycles. The normalized spacial score (nSPS) is 10.5. The summed E-state index contributed by atoms with van der Waals surface area (Å²) in [5.41, 5.74) is 0. The van der Waals surface area contributed by atoms with Crippen molar-refractivity contribution >= 4 is 5.94 Å². The van der Waals surface area contributed by atoms with Crippen molar-refractivity contribution in [3.05, 3.63) is 18.2 Å². The van der Waals surface area contributed by atoms with Crippen molar-refractivity contribution in [1.29, 1.82) is 0 Å².